The summed E-state index contributed by atoms with van der Waals surface area (Å²) in [6, 6.07) is 50.0. The van der Waals surface area contributed by atoms with Gasteiger partial charge >= 0.3 is 0 Å². The average molecular weight is 811 g/mol. The van der Waals surface area contributed by atoms with Crippen LogP contribution in [0.3, 0.4) is 0 Å². The second-order valence-corrected chi connectivity index (χ2v) is 16.6. The van der Waals surface area contributed by atoms with Crippen LogP contribution in [-0.4, -0.2) is 4.89 Å². The lowest BCUT2D eigenvalue weighted by atomic mass is 9.88. The summed E-state index contributed by atoms with van der Waals surface area (Å²) in [6.45, 7) is 8.55. The highest BCUT2D eigenvalue weighted by Crippen LogP contribution is 2.47. The fourth-order valence-electron chi connectivity index (χ4n) is 7.93. The molecule has 1 aliphatic carbocycles. The molecule has 0 aromatic heterocycles. The Balaban J connectivity index is 0.000000176. The molecule has 0 spiro atoms. The number of hydrogen-bond donors (Lipinski definition) is 1. The van der Waals surface area contributed by atoms with Crippen molar-refractivity contribution < 1.29 is 18.5 Å². The number of aryl methyl sites for hydroxylation is 4. The smallest absolute Gasteiger partial charge is 0.275 e. The maximum Gasteiger partial charge on any atom is 0.275 e. The van der Waals surface area contributed by atoms with Gasteiger partial charge in [0.2, 0.25) is 8.38 Å². The van der Waals surface area contributed by atoms with Crippen LogP contribution >= 0.6 is 17.4 Å². The molecule has 2 unspecified atom stereocenters. The third-order valence-corrected chi connectivity index (χ3v) is 12.8. The van der Waals surface area contributed by atoms with E-state index in [-0.39, 0.29) is 9.03 Å². The van der Waals surface area contributed by atoms with E-state index >= 15 is 0 Å². The van der Waals surface area contributed by atoms with Crippen LogP contribution in [0.5, 0.6) is 17.2 Å². The number of hydrogen-bond acceptors (Lipinski definition) is 4. The van der Waals surface area contributed by atoms with Crippen LogP contribution < -0.4 is 13.6 Å². The van der Waals surface area contributed by atoms with Gasteiger partial charge in [-0.05, 0) is 135 Å². The van der Waals surface area contributed by atoms with Gasteiger partial charge in [-0.25, -0.2) is 0 Å². The molecule has 0 radical (unpaired) electrons. The minimum absolute atomic E-state index is 0.0743. The number of benzene rings is 8. The van der Waals surface area contributed by atoms with E-state index in [1.54, 1.807) is 0 Å². The summed E-state index contributed by atoms with van der Waals surface area (Å²) in [5.41, 5.74) is 10.8. The van der Waals surface area contributed by atoms with E-state index in [1.165, 1.54) is 54.7 Å². The van der Waals surface area contributed by atoms with Gasteiger partial charge in [0.15, 0.2) is 0 Å². The van der Waals surface area contributed by atoms with Gasteiger partial charge < -0.3 is 18.5 Å². The van der Waals surface area contributed by atoms with E-state index in [4.69, 9.17) is 13.6 Å². The van der Waals surface area contributed by atoms with Gasteiger partial charge in [-0.15, -0.1) is 0 Å². The number of fused-ring (bicyclic) bond motifs is 4. The minimum Gasteiger partial charge on any atom is -0.446 e. The van der Waals surface area contributed by atoms with Crippen LogP contribution in [0, 0.1) is 20.8 Å². The maximum absolute atomic E-state index is 11.1. The summed E-state index contributed by atoms with van der Waals surface area (Å²) >= 11 is 0. The molecule has 2 atom stereocenters. The van der Waals surface area contributed by atoms with Crippen LogP contribution in [0.15, 0.2) is 164 Å². The van der Waals surface area contributed by atoms with Crippen LogP contribution in [0.2, 0.25) is 0 Å². The van der Waals surface area contributed by atoms with Crippen molar-refractivity contribution in [1.29, 1.82) is 0 Å². The van der Waals surface area contributed by atoms with Gasteiger partial charge in [-0.3, -0.25) is 0 Å². The average Bonchev–Trinajstić information content (AvgIpc) is 3.53. The molecule has 4 nitrogen and oxygen atoms in total. The summed E-state index contributed by atoms with van der Waals surface area (Å²) in [5, 5.41) is 7.17. The Labute approximate surface area is 350 Å². The molecule has 8 aromatic rings. The highest BCUT2D eigenvalue weighted by molar-refractivity contribution is 7.45. The molecule has 0 bridgehead atoms. The Morgan fingerprint density at radius 3 is 2.19 bits per heavy atom. The Morgan fingerprint density at radius 1 is 0.610 bits per heavy atom. The monoisotopic (exact) mass is 810 g/mol. The molecule has 0 aliphatic heterocycles. The molecular weight excluding hydrogens is 763 g/mol. The first kappa shape index (κ1) is 40.0. The summed E-state index contributed by atoms with van der Waals surface area (Å²) in [4.78, 5) is 11.1. The molecule has 1 aliphatic rings. The van der Waals surface area contributed by atoms with Crippen molar-refractivity contribution >= 4 is 55.8 Å². The third kappa shape index (κ3) is 8.97. The lowest BCUT2D eigenvalue weighted by Crippen LogP contribution is -1.99. The maximum atomic E-state index is 11.1. The number of rotatable bonds is 10. The highest BCUT2D eigenvalue weighted by atomic mass is 31.2. The van der Waals surface area contributed by atoms with Gasteiger partial charge in [-0.2, -0.15) is 0 Å². The Morgan fingerprint density at radius 2 is 1.34 bits per heavy atom. The predicted molar refractivity (Wildman–Crippen MR) is 252 cm³/mol. The van der Waals surface area contributed by atoms with Crippen molar-refractivity contribution in [1.82, 2.24) is 0 Å². The van der Waals surface area contributed by atoms with E-state index in [1.807, 2.05) is 54.6 Å². The summed E-state index contributed by atoms with van der Waals surface area (Å²) < 4.78 is 18.0. The Hall–Kier alpha value is -5.76. The second kappa shape index (κ2) is 18.4. The largest absolute Gasteiger partial charge is 0.446 e. The molecule has 0 amide bonds. The van der Waals surface area contributed by atoms with E-state index in [0.29, 0.717) is 6.16 Å². The van der Waals surface area contributed by atoms with Gasteiger partial charge in [0.25, 0.3) is 9.03 Å². The van der Waals surface area contributed by atoms with Gasteiger partial charge in [0, 0.05) is 5.56 Å². The molecule has 59 heavy (non-hydrogen) atoms. The highest BCUT2D eigenvalue weighted by Gasteiger charge is 2.21. The van der Waals surface area contributed by atoms with Gasteiger partial charge in [0.05, 0.1) is 6.16 Å². The molecule has 1 N–H and O–H groups in total. The van der Waals surface area contributed by atoms with E-state index < -0.39 is 8.38 Å². The van der Waals surface area contributed by atoms with Crippen molar-refractivity contribution in [3.8, 4) is 28.4 Å². The van der Waals surface area contributed by atoms with Crippen molar-refractivity contribution in [2.75, 3.05) is 0 Å². The van der Waals surface area contributed by atoms with Crippen molar-refractivity contribution in [3.05, 3.63) is 203 Å². The lowest BCUT2D eigenvalue weighted by Gasteiger charge is -2.21. The summed E-state index contributed by atoms with van der Waals surface area (Å²) in [6.07, 6.45) is 11.0. The standard InChI is InChI=1S/C32H31O2P.C21H17O2P/c1-4-24-12-8-9-13-25(24)21-35(33)34-31-20-19-27-22(2)11-10-16-29(27)32(31)30-18-17-23(3)26-14-6-5-7-15-28(26)30;1-15-20-9-5-4-7-17(20)11-13-21(15)23-24-22-19-12-10-16-6-2-3-8-18(16)14-19/h5-13,15-20,33H,4,14,21H2,1-3H3;2-14,24H,1H3. The minimum atomic E-state index is -1.68. The molecule has 9 rings (SSSR count). The zero-order valence-electron chi connectivity index (χ0n) is 33.9. The molecule has 6 heteroatoms. The van der Waals surface area contributed by atoms with Crippen LogP contribution in [-0.2, 0) is 19.0 Å². The first-order valence-electron chi connectivity index (χ1n) is 20.1. The predicted octanol–water partition coefficient (Wildman–Crippen LogP) is 15.0. The fraction of sp³-hybridized carbons (Fsp3) is 0.132. The molecule has 0 heterocycles. The molecule has 0 saturated heterocycles. The third-order valence-electron chi connectivity index (χ3n) is 11.1. The van der Waals surface area contributed by atoms with Crippen molar-refractivity contribution in [2.45, 2.75) is 46.7 Å². The summed E-state index contributed by atoms with van der Waals surface area (Å²) in [5.74, 6) is 2.43. The first-order valence-corrected chi connectivity index (χ1v) is 22.3. The fourth-order valence-corrected chi connectivity index (χ4v) is 9.55. The molecule has 0 saturated carbocycles. The molecule has 0 fully saturated rings. The second-order valence-electron chi connectivity index (χ2n) is 14.9. The topological polar surface area (TPSA) is 47.9 Å². The van der Waals surface area contributed by atoms with Crippen LogP contribution in [0.1, 0.15) is 45.9 Å². The van der Waals surface area contributed by atoms with Gasteiger partial charge in [0.1, 0.15) is 17.2 Å². The van der Waals surface area contributed by atoms with Crippen molar-refractivity contribution in [3.63, 3.8) is 0 Å². The SMILES string of the molecule is CCc1ccccc1CP(O)Oc1ccc2c(C)cccc2c1-c1ccc(C)c2c1C=CC=CC2.Cc1c(OPOc2ccc3ccccc3c2)ccc2ccccc12. The zero-order chi connectivity index (χ0) is 40.7. The van der Waals surface area contributed by atoms with Gasteiger partial charge in [-0.1, -0.05) is 153 Å². The number of allylic oxidation sites excluding steroid dienone is 3. The van der Waals surface area contributed by atoms with E-state index in [0.717, 1.165) is 57.7 Å². The van der Waals surface area contributed by atoms with Crippen LogP contribution in [0.25, 0.3) is 49.5 Å². The Bertz CT molecular complexity index is 2840. The van der Waals surface area contributed by atoms with Crippen molar-refractivity contribution in [2.24, 2.45) is 0 Å². The normalized spacial score (nSPS) is 12.6. The first-order chi connectivity index (χ1) is 28.9. The molecule has 8 aromatic carbocycles. The quantitative estimate of drug-likeness (QED) is 0.140. The molecule has 294 valence electrons. The van der Waals surface area contributed by atoms with Crippen LogP contribution in [0.4, 0.5) is 0 Å². The van der Waals surface area contributed by atoms with E-state index in [9.17, 15) is 4.89 Å². The van der Waals surface area contributed by atoms with E-state index in [2.05, 4.69) is 143 Å². The molecular formula is C53H48O4P2. The zero-order valence-corrected chi connectivity index (χ0v) is 35.8. The lowest BCUT2D eigenvalue weighted by molar-refractivity contribution is 0.486. The summed E-state index contributed by atoms with van der Waals surface area (Å²) in [7, 11) is -1.75. The Kier molecular flexibility index (Phi) is 12.5.